The first kappa shape index (κ1) is 15.6. The summed E-state index contributed by atoms with van der Waals surface area (Å²) in [5.41, 5.74) is 2.19. The lowest BCUT2D eigenvalue weighted by molar-refractivity contribution is -0.120. The smallest absolute Gasteiger partial charge is 0.283 e. The minimum absolute atomic E-state index is 0.0552. The number of hydrogen-bond acceptors (Lipinski definition) is 3. The first-order valence-electron chi connectivity index (χ1n) is 6.85. The summed E-state index contributed by atoms with van der Waals surface area (Å²) in [5, 5.41) is 3.33. The van der Waals surface area contributed by atoms with E-state index in [1.807, 2.05) is 19.1 Å². The number of nitrogens with one attached hydrogen (secondary N) is 1. The van der Waals surface area contributed by atoms with Crippen molar-refractivity contribution in [3.8, 4) is 0 Å². The fraction of sp³-hybridized carbons (Fsp3) is 0.0588. The highest BCUT2D eigenvalue weighted by Crippen LogP contribution is 2.30. The van der Waals surface area contributed by atoms with Crippen molar-refractivity contribution in [3.05, 3.63) is 69.8 Å². The Bertz CT molecular complexity index is 811. The van der Waals surface area contributed by atoms with E-state index in [2.05, 4.69) is 5.32 Å². The molecule has 0 aliphatic carbocycles. The number of nitrogens with zero attached hydrogens (tertiary/aromatic N) is 1. The molecule has 6 heteroatoms. The SMILES string of the molecule is Cc1ccc(N2C(=O)C(Cl)=C(Nc3ccc(Cl)cc3)C2=O)cc1. The average molecular weight is 347 g/mol. The van der Waals surface area contributed by atoms with Crippen LogP contribution in [0.3, 0.4) is 0 Å². The maximum atomic E-state index is 12.6. The van der Waals surface area contributed by atoms with Crippen molar-refractivity contribution in [1.29, 1.82) is 0 Å². The molecule has 0 saturated heterocycles. The normalized spacial score (nSPS) is 14.7. The number of carbonyl (C=O) groups excluding carboxylic acids is 2. The molecule has 23 heavy (non-hydrogen) atoms. The molecule has 0 atom stereocenters. The van der Waals surface area contributed by atoms with Gasteiger partial charge in [-0.1, -0.05) is 40.9 Å². The third-order valence-corrected chi connectivity index (χ3v) is 4.04. The monoisotopic (exact) mass is 346 g/mol. The summed E-state index contributed by atoms with van der Waals surface area (Å²) >= 11 is 11.9. The van der Waals surface area contributed by atoms with Crippen LogP contribution in [0.4, 0.5) is 11.4 Å². The van der Waals surface area contributed by atoms with Crippen LogP contribution in [0.15, 0.2) is 59.3 Å². The van der Waals surface area contributed by atoms with Gasteiger partial charge in [-0.05, 0) is 43.3 Å². The van der Waals surface area contributed by atoms with E-state index in [-0.39, 0.29) is 10.7 Å². The predicted octanol–water partition coefficient (Wildman–Crippen LogP) is 4.08. The summed E-state index contributed by atoms with van der Waals surface area (Å²) in [6.45, 7) is 1.93. The first-order chi connectivity index (χ1) is 11.0. The Morgan fingerprint density at radius 2 is 1.48 bits per heavy atom. The van der Waals surface area contributed by atoms with Gasteiger partial charge in [-0.2, -0.15) is 0 Å². The largest absolute Gasteiger partial charge is 0.350 e. The quantitative estimate of drug-likeness (QED) is 0.851. The Labute approximate surface area is 143 Å². The molecule has 3 rings (SSSR count). The van der Waals surface area contributed by atoms with E-state index in [0.717, 1.165) is 10.5 Å². The molecule has 116 valence electrons. The number of rotatable bonds is 3. The van der Waals surface area contributed by atoms with Crippen molar-refractivity contribution in [2.24, 2.45) is 0 Å². The number of halogens is 2. The van der Waals surface area contributed by atoms with Crippen LogP contribution in [-0.2, 0) is 9.59 Å². The van der Waals surface area contributed by atoms with E-state index in [0.29, 0.717) is 16.4 Å². The topological polar surface area (TPSA) is 49.4 Å². The Morgan fingerprint density at radius 3 is 2.09 bits per heavy atom. The summed E-state index contributed by atoms with van der Waals surface area (Å²) in [4.78, 5) is 25.9. The number of carbonyl (C=O) groups is 2. The van der Waals surface area contributed by atoms with Gasteiger partial charge in [0.15, 0.2) is 0 Å². The lowest BCUT2D eigenvalue weighted by Gasteiger charge is -2.15. The highest BCUT2D eigenvalue weighted by molar-refractivity contribution is 6.53. The molecule has 1 heterocycles. The van der Waals surface area contributed by atoms with Crippen LogP contribution in [0.2, 0.25) is 5.02 Å². The van der Waals surface area contributed by atoms with Crippen molar-refractivity contribution >= 4 is 46.4 Å². The van der Waals surface area contributed by atoms with Crippen LogP contribution < -0.4 is 10.2 Å². The van der Waals surface area contributed by atoms with Gasteiger partial charge >= 0.3 is 0 Å². The van der Waals surface area contributed by atoms with Crippen LogP contribution in [0, 0.1) is 6.92 Å². The van der Waals surface area contributed by atoms with Gasteiger partial charge in [0.1, 0.15) is 10.7 Å². The maximum Gasteiger partial charge on any atom is 0.283 e. The van der Waals surface area contributed by atoms with Crippen molar-refractivity contribution < 1.29 is 9.59 Å². The summed E-state index contributed by atoms with van der Waals surface area (Å²) in [6.07, 6.45) is 0. The lowest BCUT2D eigenvalue weighted by atomic mass is 10.2. The highest BCUT2D eigenvalue weighted by atomic mass is 35.5. The van der Waals surface area contributed by atoms with E-state index >= 15 is 0 Å². The Kier molecular flexibility index (Phi) is 4.11. The summed E-state index contributed by atoms with van der Waals surface area (Å²) in [6, 6.07) is 13.8. The van der Waals surface area contributed by atoms with Gasteiger partial charge in [-0.15, -0.1) is 0 Å². The molecule has 0 aromatic heterocycles. The van der Waals surface area contributed by atoms with Gasteiger partial charge in [0, 0.05) is 10.7 Å². The van der Waals surface area contributed by atoms with Gasteiger partial charge in [-0.25, -0.2) is 4.90 Å². The van der Waals surface area contributed by atoms with E-state index in [4.69, 9.17) is 23.2 Å². The van der Waals surface area contributed by atoms with Gasteiger partial charge < -0.3 is 5.32 Å². The summed E-state index contributed by atoms with van der Waals surface area (Å²) in [5.74, 6) is -1.03. The zero-order chi connectivity index (χ0) is 16.6. The molecule has 0 unspecified atom stereocenters. The second-order valence-corrected chi connectivity index (χ2v) is 5.92. The van der Waals surface area contributed by atoms with Gasteiger partial charge in [0.2, 0.25) is 0 Å². The van der Waals surface area contributed by atoms with Crippen LogP contribution >= 0.6 is 23.2 Å². The molecule has 1 aliphatic heterocycles. The van der Waals surface area contributed by atoms with Crippen LogP contribution in [0.5, 0.6) is 0 Å². The molecule has 0 spiro atoms. The van der Waals surface area contributed by atoms with Crippen molar-refractivity contribution in [3.63, 3.8) is 0 Å². The maximum absolute atomic E-state index is 12.6. The average Bonchev–Trinajstić information content (AvgIpc) is 2.74. The Morgan fingerprint density at radius 1 is 0.870 bits per heavy atom. The number of hydrogen-bond donors (Lipinski definition) is 1. The third-order valence-electron chi connectivity index (χ3n) is 3.43. The predicted molar refractivity (Wildman–Crippen MR) is 91.6 cm³/mol. The zero-order valence-corrected chi connectivity index (χ0v) is 13.7. The van der Waals surface area contributed by atoms with Crippen molar-refractivity contribution in [2.75, 3.05) is 10.2 Å². The van der Waals surface area contributed by atoms with Crippen molar-refractivity contribution in [2.45, 2.75) is 6.92 Å². The summed E-state index contributed by atoms with van der Waals surface area (Å²) < 4.78 is 0. The molecule has 2 amide bonds. The zero-order valence-electron chi connectivity index (χ0n) is 12.1. The van der Waals surface area contributed by atoms with E-state index in [1.54, 1.807) is 36.4 Å². The Hall–Kier alpha value is -2.30. The van der Waals surface area contributed by atoms with Crippen LogP contribution in [-0.4, -0.2) is 11.8 Å². The number of benzene rings is 2. The molecule has 2 aromatic carbocycles. The van der Waals surface area contributed by atoms with Crippen molar-refractivity contribution in [1.82, 2.24) is 0 Å². The number of aryl methyl sites for hydroxylation is 1. The second-order valence-electron chi connectivity index (χ2n) is 5.10. The van der Waals surface area contributed by atoms with Crippen LogP contribution in [0.25, 0.3) is 0 Å². The lowest BCUT2D eigenvalue weighted by Crippen LogP contribution is -2.32. The second kappa shape index (κ2) is 6.07. The minimum Gasteiger partial charge on any atom is -0.350 e. The standard InChI is InChI=1S/C17H12Cl2N2O2/c1-10-2-8-13(9-3-10)21-16(22)14(19)15(17(21)23)20-12-6-4-11(18)5-7-12/h2-9,20H,1H3. The van der Waals surface area contributed by atoms with E-state index < -0.39 is 11.8 Å². The molecule has 0 saturated carbocycles. The molecule has 2 aromatic rings. The highest BCUT2D eigenvalue weighted by Gasteiger charge is 2.38. The van der Waals surface area contributed by atoms with Crippen LogP contribution in [0.1, 0.15) is 5.56 Å². The van der Waals surface area contributed by atoms with Gasteiger partial charge in [0.25, 0.3) is 11.8 Å². The van der Waals surface area contributed by atoms with Gasteiger partial charge in [0.05, 0.1) is 5.69 Å². The first-order valence-corrected chi connectivity index (χ1v) is 7.61. The molecular formula is C17H12Cl2N2O2. The molecule has 0 bridgehead atoms. The van der Waals surface area contributed by atoms with Gasteiger partial charge in [-0.3, -0.25) is 9.59 Å². The molecule has 1 aliphatic rings. The fourth-order valence-electron chi connectivity index (χ4n) is 2.22. The number of amides is 2. The molecule has 0 radical (unpaired) electrons. The fourth-order valence-corrected chi connectivity index (χ4v) is 2.56. The summed E-state index contributed by atoms with van der Waals surface area (Å²) in [7, 11) is 0. The third kappa shape index (κ3) is 2.96. The number of anilines is 2. The van der Waals surface area contributed by atoms with E-state index in [9.17, 15) is 9.59 Å². The number of imide groups is 1. The molecular weight excluding hydrogens is 335 g/mol. The molecule has 4 nitrogen and oxygen atoms in total. The molecule has 0 fully saturated rings. The van der Waals surface area contributed by atoms with E-state index in [1.165, 1.54) is 0 Å². The minimum atomic E-state index is -0.544. The Balaban J connectivity index is 1.90. The molecule has 1 N–H and O–H groups in total.